The summed E-state index contributed by atoms with van der Waals surface area (Å²) in [6, 6.07) is 2.02. The van der Waals surface area contributed by atoms with E-state index >= 15 is 0 Å². The molecular formula is C26H33F4N5O2S. The Balaban J connectivity index is 1.31. The summed E-state index contributed by atoms with van der Waals surface area (Å²) in [6.45, 7) is 3.28. The number of hydrogen-bond donors (Lipinski definition) is 3. The normalized spacial score (nSPS) is 26.9. The molecule has 4 atom stereocenters. The van der Waals surface area contributed by atoms with Crippen LogP contribution in [0.1, 0.15) is 47.6 Å². The molecule has 3 aliphatic rings. The molecule has 5 rings (SSSR count). The molecule has 0 radical (unpaired) electrons. The molecular weight excluding hydrogens is 522 g/mol. The minimum Gasteiger partial charge on any atom is -0.392 e. The molecule has 1 aliphatic heterocycles. The molecule has 1 aromatic carbocycles. The summed E-state index contributed by atoms with van der Waals surface area (Å²) in [5.74, 6) is -1.11. The number of anilines is 1. The highest BCUT2D eigenvalue weighted by Gasteiger charge is 2.64. The topological polar surface area (TPSA) is 80.7 Å². The number of aliphatic hydroxyl groups is 1. The van der Waals surface area contributed by atoms with Crippen LogP contribution in [-0.4, -0.2) is 71.3 Å². The van der Waals surface area contributed by atoms with Crippen LogP contribution in [0.4, 0.5) is 28.0 Å². The Labute approximate surface area is 223 Å². The number of aliphatic hydroxyl groups excluding tert-OH is 1. The maximum atomic E-state index is 13.8. The second-order valence-electron chi connectivity index (χ2n) is 10.6. The number of hydrogen-bond acceptors (Lipinski definition) is 6. The zero-order valence-corrected chi connectivity index (χ0v) is 22.0. The number of aromatic nitrogens is 1. The number of carbonyl (C=O) groups excluding carboxylic acids is 1. The standard InChI is InChI=1S/C26H33F4N5O2S/c1-31-14-23-32-13-22(38-23)25-7-5-21(19(25)12-25)35(9-2-8-34-10-6-17(36)15-34)24(37)33-16-3-4-20(27)18(11-16)26(28,29)30/h3-4,11,13,17,19,21,31,36H,2,5-10,12,14-15H2,1H3,(H,33,37)/t17-,19-,21-,25?/m1/s1. The van der Waals surface area contributed by atoms with Crippen molar-refractivity contribution in [2.45, 2.75) is 62.4 Å². The number of nitrogens with zero attached hydrogens (tertiary/aromatic N) is 3. The first-order valence-corrected chi connectivity index (χ1v) is 13.9. The predicted molar refractivity (Wildman–Crippen MR) is 136 cm³/mol. The first-order chi connectivity index (χ1) is 18.1. The summed E-state index contributed by atoms with van der Waals surface area (Å²) in [6.07, 6.45) is 0.858. The SMILES string of the molecule is CNCc1ncc(C23CC[C@@H](N(CCCN4CC[C@@H](O)C4)C(=O)Nc4ccc(F)c(C(F)(F)F)c4)[C@H]2C3)s1. The molecule has 0 spiro atoms. The van der Waals surface area contributed by atoms with Gasteiger partial charge in [0.05, 0.1) is 11.7 Å². The van der Waals surface area contributed by atoms with Crippen LogP contribution < -0.4 is 10.6 Å². The van der Waals surface area contributed by atoms with Gasteiger partial charge in [0.2, 0.25) is 0 Å². The van der Waals surface area contributed by atoms with E-state index in [1.807, 2.05) is 13.2 Å². The quantitative estimate of drug-likeness (QED) is 0.399. The molecule has 1 unspecified atom stereocenters. The van der Waals surface area contributed by atoms with E-state index in [1.165, 1.54) is 4.88 Å². The Morgan fingerprint density at radius 1 is 1.34 bits per heavy atom. The van der Waals surface area contributed by atoms with Crippen molar-refractivity contribution in [1.82, 2.24) is 20.1 Å². The molecule has 208 valence electrons. The lowest BCUT2D eigenvalue weighted by Gasteiger charge is -2.31. The molecule has 0 bridgehead atoms. The number of benzene rings is 1. The third-order valence-electron chi connectivity index (χ3n) is 8.16. The van der Waals surface area contributed by atoms with Gasteiger partial charge in [-0.1, -0.05) is 0 Å². The third-order valence-corrected chi connectivity index (χ3v) is 9.38. The number of alkyl halides is 3. The van der Waals surface area contributed by atoms with Crippen LogP contribution in [0.3, 0.4) is 0 Å². The summed E-state index contributed by atoms with van der Waals surface area (Å²) >= 11 is 1.69. The lowest BCUT2D eigenvalue weighted by molar-refractivity contribution is -0.139. The van der Waals surface area contributed by atoms with Gasteiger partial charge in [-0.15, -0.1) is 11.3 Å². The summed E-state index contributed by atoms with van der Waals surface area (Å²) in [5, 5.41) is 16.6. The van der Waals surface area contributed by atoms with Crippen LogP contribution >= 0.6 is 11.3 Å². The van der Waals surface area contributed by atoms with Crippen molar-refractivity contribution >= 4 is 23.1 Å². The average Bonchev–Trinajstić information content (AvgIpc) is 3.18. The van der Waals surface area contributed by atoms with Crippen LogP contribution in [0.5, 0.6) is 0 Å². The Bertz CT molecular complexity index is 1160. The van der Waals surface area contributed by atoms with E-state index < -0.39 is 23.6 Å². The number of halogens is 4. The van der Waals surface area contributed by atoms with Gasteiger partial charge in [-0.05, 0) is 69.8 Å². The monoisotopic (exact) mass is 555 g/mol. The molecule has 1 aromatic heterocycles. The van der Waals surface area contributed by atoms with E-state index in [9.17, 15) is 27.5 Å². The number of likely N-dealkylation sites (tertiary alicyclic amines) is 1. The molecule has 2 saturated carbocycles. The summed E-state index contributed by atoms with van der Waals surface area (Å²) in [7, 11) is 1.88. The highest BCUT2D eigenvalue weighted by atomic mass is 32.1. The fourth-order valence-electron chi connectivity index (χ4n) is 6.20. The molecule has 12 heteroatoms. The van der Waals surface area contributed by atoms with Crippen molar-refractivity contribution in [3.8, 4) is 0 Å². The van der Waals surface area contributed by atoms with Gasteiger partial charge in [0.15, 0.2) is 0 Å². The molecule has 2 amide bonds. The van der Waals surface area contributed by atoms with E-state index in [0.717, 1.165) is 55.9 Å². The van der Waals surface area contributed by atoms with E-state index in [0.29, 0.717) is 32.1 Å². The van der Waals surface area contributed by atoms with Crippen LogP contribution in [0, 0.1) is 11.7 Å². The number of urea groups is 1. The predicted octanol–water partition coefficient (Wildman–Crippen LogP) is 4.43. The largest absolute Gasteiger partial charge is 0.419 e. The first kappa shape index (κ1) is 27.3. The van der Waals surface area contributed by atoms with Gasteiger partial charge in [0.25, 0.3) is 0 Å². The number of amides is 2. The van der Waals surface area contributed by atoms with Crippen LogP contribution in [0.15, 0.2) is 24.4 Å². The molecule has 2 heterocycles. The maximum Gasteiger partial charge on any atom is 0.419 e. The summed E-state index contributed by atoms with van der Waals surface area (Å²) in [4.78, 5) is 23.2. The fourth-order valence-corrected chi connectivity index (χ4v) is 7.42. The minimum atomic E-state index is -4.86. The van der Waals surface area contributed by atoms with E-state index in [2.05, 4.69) is 20.5 Å². The molecule has 3 N–H and O–H groups in total. The Hall–Kier alpha value is -2.28. The Morgan fingerprint density at radius 2 is 2.16 bits per heavy atom. The summed E-state index contributed by atoms with van der Waals surface area (Å²) in [5.41, 5.74) is -1.49. The highest BCUT2D eigenvalue weighted by molar-refractivity contribution is 7.11. The number of thiazole rings is 1. The Kier molecular flexibility index (Phi) is 7.69. The summed E-state index contributed by atoms with van der Waals surface area (Å²) < 4.78 is 53.5. The van der Waals surface area contributed by atoms with Gasteiger partial charge in [0.1, 0.15) is 10.8 Å². The number of rotatable bonds is 9. The van der Waals surface area contributed by atoms with E-state index in [1.54, 1.807) is 16.2 Å². The molecule has 7 nitrogen and oxygen atoms in total. The molecule has 2 aromatic rings. The third kappa shape index (κ3) is 5.54. The molecule has 38 heavy (non-hydrogen) atoms. The van der Waals surface area contributed by atoms with E-state index in [-0.39, 0.29) is 29.2 Å². The molecule has 1 saturated heterocycles. The van der Waals surface area contributed by atoms with Crippen molar-refractivity contribution < 1.29 is 27.5 Å². The maximum absolute atomic E-state index is 13.8. The van der Waals surface area contributed by atoms with Crippen LogP contribution in [0.2, 0.25) is 0 Å². The number of carbonyl (C=O) groups is 1. The van der Waals surface area contributed by atoms with Crippen molar-refractivity contribution in [1.29, 1.82) is 0 Å². The van der Waals surface area contributed by atoms with Crippen molar-refractivity contribution in [2.24, 2.45) is 5.92 Å². The zero-order valence-electron chi connectivity index (χ0n) is 21.2. The van der Waals surface area contributed by atoms with E-state index in [4.69, 9.17) is 0 Å². The Morgan fingerprint density at radius 3 is 2.84 bits per heavy atom. The molecule has 3 fully saturated rings. The van der Waals surface area contributed by atoms with Crippen molar-refractivity contribution in [3.63, 3.8) is 0 Å². The number of nitrogens with one attached hydrogen (secondary N) is 2. The van der Waals surface area contributed by atoms with Gasteiger partial charge in [-0.2, -0.15) is 13.2 Å². The second kappa shape index (κ2) is 10.7. The van der Waals surface area contributed by atoms with Gasteiger partial charge >= 0.3 is 12.2 Å². The number of β-amino-alcohol motifs (C(OH)–C–C–N with tert-alkyl or cyclic N) is 1. The van der Waals surface area contributed by atoms with Gasteiger partial charge in [-0.25, -0.2) is 14.2 Å². The van der Waals surface area contributed by atoms with Crippen molar-refractivity contribution in [2.75, 3.05) is 38.5 Å². The van der Waals surface area contributed by atoms with Gasteiger partial charge < -0.3 is 25.5 Å². The smallest absolute Gasteiger partial charge is 0.392 e. The fraction of sp³-hybridized carbons (Fsp3) is 0.615. The van der Waals surface area contributed by atoms with Crippen LogP contribution in [-0.2, 0) is 18.1 Å². The zero-order chi connectivity index (χ0) is 27.1. The first-order valence-electron chi connectivity index (χ1n) is 13.1. The lowest BCUT2D eigenvalue weighted by Crippen LogP contribution is -2.44. The van der Waals surface area contributed by atoms with Crippen molar-refractivity contribution in [3.05, 3.63) is 45.7 Å². The molecule has 2 aliphatic carbocycles. The minimum absolute atomic E-state index is 0.00520. The van der Waals surface area contributed by atoms with Gasteiger partial charge in [0, 0.05) is 54.4 Å². The van der Waals surface area contributed by atoms with Gasteiger partial charge in [-0.3, -0.25) is 0 Å². The lowest BCUT2D eigenvalue weighted by atomic mass is 10.0. The van der Waals surface area contributed by atoms with Crippen LogP contribution in [0.25, 0.3) is 0 Å². The average molecular weight is 556 g/mol. The number of fused-ring (bicyclic) bond motifs is 1. The highest BCUT2D eigenvalue weighted by Crippen LogP contribution is 2.66. The second-order valence-corrected chi connectivity index (χ2v) is 11.7.